The monoisotopic (exact) mass is 232 g/mol. The summed E-state index contributed by atoms with van der Waals surface area (Å²) in [5.41, 5.74) is 9.56. The number of hydrogen-bond donors (Lipinski definition) is 3. The van der Waals surface area contributed by atoms with Gasteiger partial charge >= 0.3 is 0 Å². The summed E-state index contributed by atoms with van der Waals surface area (Å²) in [6.45, 7) is 2.71. The number of benzene rings is 1. The predicted octanol–water partition coefficient (Wildman–Crippen LogP) is 1.92. The van der Waals surface area contributed by atoms with Crippen LogP contribution >= 0.6 is 0 Å². The van der Waals surface area contributed by atoms with Gasteiger partial charge in [-0.3, -0.25) is 5.10 Å². The minimum Gasteiger partial charge on any atom is -0.495 e. The summed E-state index contributed by atoms with van der Waals surface area (Å²) < 4.78 is 5.16. The summed E-state index contributed by atoms with van der Waals surface area (Å²) in [5, 5.41) is 10.2. The molecule has 1 aromatic carbocycles. The number of ether oxygens (including phenoxy) is 1. The van der Waals surface area contributed by atoms with Crippen LogP contribution in [0.15, 0.2) is 24.4 Å². The Balaban J connectivity index is 2.07. The lowest BCUT2D eigenvalue weighted by molar-refractivity contribution is 0.417. The molecule has 1 aromatic heterocycles. The van der Waals surface area contributed by atoms with Crippen molar-refractivity contribution in [3.63, 3.8) is 0 Å². The maximum absolute atomic E-state index is 5.75. The van der Waals surface area contributed by atoms with Gasteiger partial charge in [-0.05, 0) is 19.1 Å². The van der Waals surface area contributed by atoms with Crippen molar-refractivity contribution in [2.75, 3.05) is 18.2 Å². The molecule has 17 heavy (non-hydrogen) atoms. The summed E-state index contributed by atoms with van der Waals surface area (Å²) in [4.78, 5) is 0. The number of rotatable bonds is 4. The fourth-order valence-corrected chi connectivity index (χ4v) is 1.57. The van der Waals surface area contributed by atoms with Crippen LogP contribution in [0.1, 0.15) is 11.3 Å². The molecule has 5 nitrogen and oxygen atoms in total. The van der Waals surface area contributed by atoms with E-state index in [1.165, 1.54) is 0 Å². The van der Waals surface area contributed by atoms with Crippen molar-refractivity contribution in [1.82, 2.24) is 10.2 Å². The molecule has 0 aliphatic rings. The molecule has 2 aromatic rings. The topological polar surface area (TPSA) is 76.0 Å². The van der Waals surface area contributed by atoms with E-state index in [2.05, 4.69) is 15.5 Å². The molecule has 2 rings (SSSR count). The zero-order chi connectivity index (χ0) is 12.3. The van der Waals surface area contributed by atoms with E-state index in [9.17, 15) is 0 Å². The molecule has 0 fully saturated rings. The summed E-state index contributed by atoms with van der Waals surface area (Å²) in [7, 11) is 1.61. The molecule has 0 atom stereocenters. The third-order valence-corrected chi connectivity index (χ3v) is 2.65. The number of methoxy groups -OCH3 is 1. The number of aromatic amines is 1. The first kappa shape index (κ1) is 11.3. The number of nitrogens with two attached hydrogens (primary N) is 1. The molecule has 0 amide bonds. The van der Waals surface area contributed by atoms with Crippen molar-refractivity contribution in [2.45, 2.75) is 13.5 Å². The number of nitrogen functional groups attached to an aromatic ring is 1. The predicted molar refractivity (Wildman–Crippen MR) is 68.1 cm³/mol. The smallest absolute Gasteiger partial charge is 0.143 e. The summed E-state index contributed by atoms with van der Waals surface area (Å²) in [5.74, 6) is 0.680. The van der Waals surface area contributed by atoms with E-state index in [0.29, 0.717) is 11.4 Å². The number of nitrogens with one attached hydrogen (secondary N) is 2. The maximum Gasteiger partial charge on any atom is 0.143 e. The zero-order valence-corrected chi connectivity index (χ0v) is 9.95. The fraction of sp³-hybridized carbons (Fsp3) is 0.250. The summed E-state index contributed by atoms with van der Waals surface area (Å²) in [6, 6.07) is 5.63. The summed E-state index contributed by atoms with van der Waals surface area (Å²) in [6.07, 6.45) is 1.82. The minimum absolute atomic E-state index is 0.637. The number of hydrogen-bond acceptors (Lipinski definition) is 4. The van der Waals surface area contributed by atoms with Gasteiger partial charge in [-0.2, -0.15) is 5.10 Å². The lowest BCUT2D eigenvalue weighted by atomic mass is 10.2. The van der Waals surface area contributed by atoms with E-state index in [1.54, 1.807) is 7.11 Å². The third-order valence-electron chi connectivity index (χ3n) is 2.65. The number of aromatic nitrogens is 2. The van der Waals surface area contributed by atoms with E-state index in [0.717, 1.165) is 23.5 Å². The standard InChI is InChI=1S/C12H16N4O/c1-8-9(7-15-16-8)6-14-10-3-4-11(13)12(5-10)17-2/h3-5,7,14H,6,13H2,1-2H3,(H,15,16). The van der Waals surface area contributed by atoms with Crippen molar-refractivity contribution >= 4 is 11.4 Å². The first-order valence-corrected chi connectivity index (χ1v) is 5.37. The van der Waals surface area contributed by atoms with Gasteiger partial charge in [-0.15, -0.1) is 0 Å². The number of nitrogens with zero attached hydrogens (tertiary/aromatic N) is 1. The largest absolute Gasteiger partial charge is 0.495 e. The van der Waals surface area contributed by atoms with Crippen LogP contribution in [-0.4, -0.2) is 17.3 Å². The van der Waals surface area contributed by atoms with Crippen molar-refractivity contribution in [3.8, 4) is 5.75 Å². The Morgan fingerprint density at radius 3 is 2.94 bits per heavy atom. The third kappa shape index (κ3) is 2.50. The van der Waals surface area contributed by atoms with E-state index < -0.39 is 0 Å². The normalized spacial score (nSPS) is 10.2. The minimum atomic E-state index is 0.637. The second-order valence-corrected chi connectivity index (χ2v) is 3.83. The average Bonchev–Trinajstić information content (AvgIpc) is 2.74. The van der Waals surface area contributed by atoms with Gasteiger partial charge in [0.05, 0.1) is 19.0 Å². The van der Waals surface area contributed by atoms with Crippen LogP contribution in [0.4, 0.5) is 11.4 Å². The molecule has 0 spiro atoms. The van der Waals surface area contributed by atoms with Gasteiger partial charge in [0.1, 0.15) is 5.75 Å². The highest BCUT2D eigenvalue weighted by Gasteiger charge is 2.03. The first-order valence-electron chi connectivity index (χ1n) is 5.37. The molecular weight excluding hydrogens is 216 g/mol. The lowest BCUT2D eigenvalue weighted by Gasteiger charge is -2.09. The molecule has 90 valence electrons. The zero-order valence-electron chi connectivity index (χ0n) is 9.95. The average molecular weight is 232 g/mol. The van der Waals surface area contributed by atoms with Gasteiger partial charge in [0.2, 0.25) is 0 Å². The highest BCUT2D eigenvalue weighted by atomic mass is 16.5. The van der Waals surface area contributed by atoms with Crippen LogP contribution in [0.5, 0.6) is 5.75 Å². The van der Waals surface area contributed by atoms with E-state index in [4.69, 9.17) is 10.5 Å². The van der Waals surface area contributed by atoms with E-state index in [1.807, 2.05) is 31.3 Å². The lowest BCUT2D eigenvalue weighted by Crippen LogP contribution is -2.01. The second kappa shape index (κ2) is 4.78. The second-order valence-electron chi connectivity index (χ2n) is 3.83. The van der Waals surface area contributed by atoms with Crippen LogP contribution in [0.3, 0.4) is 0 Å². The Morgan fingerprint density at radius 2 is 2.29 bits per heavy atom. The number of anilines is 2. The fourth-order valence-electron chi connectivity index (χ4n) is 1.57. The molecule has 0 saturated carbocycles. The highest BCUT2D eigenvalue weighted by molar-refractivity contribution is 5.61. The van der Waals surface area contributed by atoms with Crippen LogP contribution in [0.25, 0.3) is 0 Å². The van der Waals surface area contributed by atoms with Gasteiger partial charge < -0.3 is 15.8 Å². The molecule has 4 N–H and O–H groups in total. The Kier molecular flexibility index (Phi) is 3.18. The van der Waals surface area contributed by atoms with Gasteiger partial charge in [0.25, 0.3) is 0 Å². The number of H-pyrrole nitrogens is 1. The van der Waals surface area contributed by atoms with Crippen molar-refractivity contribution in [3.05, 3.63) is 35.7 Å². The SMILES string of the molecule is COc1cc(NCc2cn[nH]c2C)ccc1N. The first-order chi connectivity index (χ1) is 8.20. The van der Waals surface area contributed by atoms with E-state index >= 15 is 0 Å². The van der Waals surface area contributed by atoms with Gasteiger partial charge in [0, 0.05) is 29.6 Å². The molecule has 0 radical (unpaired) electrons. The van der Waals surface area contributed by atoms with Crippen LogP contribution in [-0.2, 0) is 6.54 Å². The molecule has 0 bridgehead atoms. The molecule has 1 heterocycles. The van der Waals surface area contributed by atoms with Gasteiger partial charge in [0.15, 0.2) is 0 Å². The molecule has 0 aliphatic heterocycles. The highest BCUT2D eigenvalue weighted by Crippen LogP contribution is 2.25. The van der Waals surface area contributed by atoms with Crippen LogP contribution in [0.2, 0.25) is 0 Å². The molecule has 0 saturated heterocycles. The Morgan fingerprint density at radius 1 is 1.47 bits per heavy atom. The maximum atomic E-state index is 5.75. The van der Waals surface area contributed by atoms with Gasteiger partial charge in [-0.25, -0.2) is 0 Å². The molecular formula is C12H16N4O. The van der Waals surface area contributed by atoms with Crippen molar-refractivity contribution in [2.24, 2.45) is 0 Å². The Hall–Kier alpha value is -2.17. The van der Waals surface area contributed by atoms with Gasteiger partial charge in [-0.1, -0.05) is 0 Å². The van der Waals surface area contributed by atoms with Crippen LogP contribution < -0.4 is 15.8 Å². The Bertz CT molecular complexity index is 507. The van der Waals surface area contributed by atoms with E-state index in [-0.39, 0.29) is 0 Å². The number of aryl methyl sites for hydroxylation is 1. The molecule has 5 heteroatoms. The van der Waals surface area contributed by atoms with Crippen molar-refractivity contribution < 1.29 is 4.74 Å². The Labute approximate surface area is 100.0 Å². The summed E-state index contributed by atoms with van der Waals surface area (Å²) >= 11 is 0. The van der Waals surface area contributed by atoms with Crippen molar-refractivity contribution in [1.29, 1.82) is 0 Å². The quantitative estimate of drug-likeness (QED) is 0.704. The van der Waals surface area contributed by atoms with Crippen LogP contribution in [0, 0.1) is 6.92 Å². The molecule has 0 unspecified atom stereocenters. The molecule has 0 aliphatic carbocycles.